The summed E-state index contributed by atoms with van der Waals surface area (Å²) in [5, 5.41) is 2.57. The van der Waals surface area contributed by atoms with Gasteiger partial charge in [-0.25, -0.2) is 4.79 Å². The average molecular weight is 392 g/mol. The molecule has 154 valence electrons. The zero-order valence-corrected chi connectivity index (χ0v) is 17.2. The quantitative estimate of drug-likeness (QED) is 0.748. The number of hydrogen-bond donors (Lipinski definition) is 1. The summed E-state index contributed by atoms with van der Waals surface area (Å²) in [7, 11) is 1.54. The zero-order chi connectivity index (χ0) is 21.1. The molecule has 1 aliphatic heterocycles. The second-order valence-electron chi connectivity index (χ2n) is 7.66. The summed E-state index contributed by atoms with van der Waals surface area (Å²) < 4.78 is 15.8. The van der Waals surface area contributed by atoms with Crippen LogP contribution in [0.2, 0.25) is 0 Å². The van der Waals surface area contributed by atoms with E-state index in [0.29, 0.717) is 23.5 Å². The van der Waals surface area contributed by atoms with E-state index >= 15 is 0 Å². The fourth-order valence-corrected chi connectivity index (χ4v) is 2.69. The Balaban J connectivity index is 2.05. The molecular formula is C20H28N2O6. The molecule has 1 unspecified atom stereocenters. The van der Waals surface area contributed by atoms with Crippen molar-refractivity contribution in [3.05, 3.63) is 23.8 Å². The molecule has 0 fully saturated rings. The summed E-state index contributed by atoms with van der Waals surface area (Å²) >= 11 is 0. The van der Waals surface area contributed by atoms with Gasteiger partial charge in [-0.05, 0) is 52.3 Å². The average Bonchev–Trinajstić information content (AvgIpc) is 3.09. The monoisotopic (exact) mass is 392 g/mol. The standard InChI is InChI=1S/C20H28N2O6/c1-7-14(21-19(25)28-20(3,4)5)18(24)22(6)12(2)17(23)13-8-9-15-16(10-13)27-11-26-15/h8-10,12,14H,7,11H2,1-6H3,(H,21,25)/t12?,14-/m0/s1. The van der Waals surface area contributed by atoms with Gasteiger partial charge in [0, 0.05) is 12.6 Å². The molecule has 1 aromatic carbocycles. The van der Waals surface area contributed by atoms with E-state index in [1.807, 2.05) is 0 Å². The molecular weight excluding hydrogens is 364 g/mol. The minimum absolute atomic E-state index is 0.120. The maximum absolute atomic E-state index is 12.8. The van der Waals surface area contributed by atoms with Crippen LogP contribution in [-0.2, 0) is 9.53 Å². The number of carbonyl (C=O) groups is 3. The molecule has 8 heteroatoms. The number of ketones is 1. The van der Waals surface area contributed by atoms with Crippen molar-refractivity contribution < 1.29 is 28.6 Å². The van der Waals surface area contributed by atoms with Crippen molar-refractivity contribution in [1.29, 1.82) is 0 Å². The molecule has 0 saturated heterocycles. The SMILES string of the molecule is CC[C@H](NC(=O)OC(C)(C)C)C(=O)N(C)C(C)C(=O)c1ccc2c(c1)OCO2. The largest absolute Gasteiger partial charge is 0.454 e. The first kappa shape index (κ1) is 21.5. The molecule has 1 N–H and O–H groups in total. The fourth-order valence-electron chi connectivity index (χ4n) is 2.69. The first-order chi connectivity index (χ1) is 13.0. The van der Waals surface area contributed by atoms with Crippen LogP contribution in [0.1, 0.15) is 51.4 Å². The summed E-state index contributed by atoms with van der Waals surface area (Å²) in [6, 6.07) is 3.41. The Morgan fingerprint density at radius 2 is 1.86 bits per heavy atom. The van der Waals surface area contributed by atoms with Crippen molar-refractivity contribution in [3.8, 4) is 11.5 Å². The van der Waals surface area contributed by atoms with E-state index in [1.54, 1.807) is 52.8 Å². The molecule has 2 amide bonds. The Bertz CT molecular complexity index is 756. The van der Waals surface area contributed by atoms with Gasteiger partial charge in [-0.1, -0.05) is 6.92 Å². The van der Waals surface area contributed by atoms with Crippen LogP contribution < -0.4 is 14.8 Å². The van der Waals surface area contributed by atoms with Crippen LogP contribution in [0.15, 0.2) is 18.2 Å². The van der Waals surface area contributed by atoms with Crippen molar-refractivity contribution in [2.75, 3.05) is 13.8 Å². The smallest absolute Gasteiger partial charge is 0.408 e. The van der Waals surface area contributed by atoms with Crippen LogP contribution in [0.5, 0.6) is 11.5 Å². The Labute approximate surface area is 165 Å². The maximum Gasteiger partial charge on any atom is 0.408 e. The van der Waals surface area contributed by atoms with Gasteiger partial charge in [0.1, 0.15) is 11.6 Å². The van der Waals surface area contributed by atoms with E-state index in [-0.39, 0.29) is 18.5 Å². The first-order valence-corrected chi connectivity index (χ1v) is 9.23. The summed E-state index contributed by atoms with van der Waals surface area (Å²) in [6.45, 7) is 8.77. The van der Waals surface area contributed by atoms with Crippen LogP contribution in [0.3, 0.4) is 0 Å². The molecule has 28 heavy (non-hydrogen) atoms. The van der Waals surface area contributed by atoms with Crippen LogP contribution in [0.4, 0.5) is 4.79 Å². The lowest BCUT2D eigenvalue weighted by molar-refractivity contribution is -0.133. The molecule has 2 rings (SSSR count). The first-order valence-electron chi connectivity index (χ1n) is 9.23. The van der Waals surface area contributed by atoms with E-state index < -0.39 is 23.8 Å². The van der Waals surface area contributed by atoms with Crippen molar-refractivity contribution in [2.24, 2.45) is 0 Å². The van der Waals surface area contributed by atoms with Gasteiger partial charge in [0.2, 0.25) is 12.7 Å². The number of Topliss-reactive ketones (excluding diaryl/α,β-unsaturated/α-hetero) is 1. The van der Waals surface area contributed by atoms with Gasteiger partial charge >= 0.3 is 6.09 Å². The lowest BCUT2D eigenvalue weighted by atomic mass is 10.0. The van der Waals surface area contributed by atoms with Gasteiger partial charge in [0.05, 0.1) is 6.04 Å². The number of rotatable bonds is 6. The summed E-state index contributed by atoms with van der Waals surface area (Å²) in [4.78, 5) is 38.9. The number of carbonyl (C=O) groups excluding carboxylic acids is 3. The minimum Gasteiger partial charge on any atom is -0.454 e. The Morgan fingerprint density at radius 1 is 1.21 bits per heavy atom. The highest BCUT2D eigenvalue weighted by molar-refractivity contribution is 6.02. The number of ether oxygens (including phenoxy) is 3. The van der Waals surface area contributed by atoms with E-state index in [0.717, 1.165) is 0 Å². The Kier molecular flexibility index (Phi) is 6.53. The fraction of sp³-hybridized carbons (Fsp3) is 0.550. The minimum atomic E-state index is -0.785. The number of likely N-dealkylation sites (N-methyl/N-ethyl adjacent to an activating group) is 1. The highest BCUT2D eigenvalue weighted by atomic mass is 16.7. The molecule has 0 saturated carbocycles. The number of nitrogens with zero attached hydrogens (tertiary/aromatic N) is 1. The van der Waals surface area contributed by atoms with Gasteiger partial charge in [-0.2, -0.15) is 0 Å². The molecule has 0 aliphatic carbocycles. The van der Waals surface area contributed by atoms with Crippen molar-refractivity contribution in [3.63, 3.8) is 0 Å². The summed E-state index contributed by atoms with van der Waals surface area (Å²) in [6.07, 6.45) is -0.302. The molecule has 2 atom stereocenters. The summed E-state index contributed by atoms with van der Waals surface area (Å²) in [5.74, 6) is 0.488. The number of nitrogens with one attached hydrogen (secondary N) is 1. The second-order valence-corrected chi connectivity index (χ2v) is 7.66. The Hall–Kier alpha value is -2.77. The third-order valence-electron chi connectivity index (χ3n) is 4.36. The molecule has 0 spiro atoms. The van der Waals surface area contributed by atoms with Crippen LogP contribution in [-0.4, -0.2) is 54.2 Å². The molecule has 8 nitrogen and oxygen atoms in total. The Morgan fingerprint density at radius 3 is 2.46 bits per heavy atom. The number of alkyl carbamates (subject to hydrolysis) is 1. The van der Waals surface area contributed by atoms with Gasteiger partial charge in [0.15, 0.2) is 17.3 Å². The van der Waals surface area contributed by atoms with Crippen LogP contribution in [0, 0.1) is 0 Å². The van der Waals surface area contributed by atoms with E-state index in [4.69, 9.17) is 14.2 Å². The third kappa shape index (κ3) is 5.15. The predicted octanol–water partition coefficient (Wildman–Crippen LogP) is 2.75. The summed E-state index contributed by atoms with van der Waals surface area (Å²) in [5.41, 5.74) is -0.246. The van der Waals surface area contributed by atoms with Crippen molar-refractivity contribution in [1.82, 2.24) is 10.2 Å². The van der Waals surface area contributed by atoms with E-state index in [2.05, 4.69) is 5.32 Å². The van der Waals surface area contributed by atoms with Crippen molar-refractivity contribution >= 4 is 17.8 Å². The number of hydrogen-bond acceptors (Lipinski definition) is 6. The van der Waals surface area contributed by atoms with Gasteiger partial charge in [-0.15, -0.1) is 0 Å². The molecule has 1 heterocycles. The van der Waals surface area contributed by atoms with Crippen LogP contribution in [0.25, 0.3) is 0 Å². The molecule has 0 radical (unpaired) electrons. The van der Waals surface area contributed by atoms with Gasteiger partial charge in [-0.3, -0.25) is 9.59 Å². The highest BCUT2D eigenvalue weighted by Crippen LogP contribution is 2.33. The van der Waals surface area contributed by atoms with Gasteiger partial charge in [0.25, 0.3) is 0 Å². The molecule has 0 aromatic heterocycles. The van der Waals surface area contributed by atoms with Crippen LogP contribution >= 0.6 is 0 Å². The number of benzene rings is 1. The molecule has 1 aliphatic rings. The second kappa shape index (κ2) is 8.50. The van der Waals surface area contributed by atoms with E-state index in [1.165, 1.54) is 11.9 Å². The van der Waals surface area contributed by atoms with Crippen molar-refractivity contribution in [2.45, 2.75) is 58.7 Å². The highest BCUT2D eigenvalue weighted by Gasteiger charge is 2.30. The number of fused-ring (bicyclic) bond motifs is 1. The molecule has 0 bridgehead atoms. The third-order valence-corrected chi connectivity index (χ3v) is 4.36. The number of amides is 2. The van der Waals surface area contributed by atoms with Gasteiger partial charge < -0.3 is 24.4 Å². The van der Waals surface area contributed by atoms with E-state index in [9.17, 15) is 14.4 Å². The predicted molar refractivity (Wildman–Crippen MR) is 103 cm³/mol. The topological polar surface area (TPSA) is 94.2 Å². The normalized spacial score (nSPS) is 14.8. The lowest BCUT2D eigenvalue weighted by Gasteiger charge is -2.29. The molecule has 1 aromatic rings. The zero-order valence-electron chi connectivity index (χ0n) is 17.2. The lowest BCUT2D eigenvalue weighted by Crippen LogP contribution is -2.52. The maximum atomic E-state index is 12.8.